The van der Waals surface area contributed by atoms with Gasteiger partial charge < -0.3 is 4.74 Å². The second-order valence-electron chi connectivity index (χ2n) is 3.67. The Morgan fingerprint density at radius 1 is 1.40 bits per heavy atom. The van der Waals surface area contributed by atoms with E-state index in [-0.39, 0.29) is 12.0 Å². The van der Waals surface area contributed by atoms with Crippen molar-refractivity contribution in [1.29, 1.82) is 0 Å². The molecule has 1 atom stereocenters. The maximum atomic E-state index is 5.67. The van der Waals surface area contributed by atoms with Crippen LogP contribution in [0.2, 0.25) is 0 Å². The van der Waals surface area contributed by atoms with Crippen molar-refractivity contribution in [3.05, 3.63) is 47.8 Å². The molecule has 1 rings (SSSR count). The lowest BCUT2D eigenvalue weighted by molar-refractivity contribution is 0.240. The molecule has 0 aliphatic rings. The second kappa shape index (κ2) is 5.36. The number of benzene rings is 1. The van der Waals surface area contributed by atoms with Gasteiger partial charge in [0.05, 0.1) is 10.6 Å². The Bertz CT molecular complexity index is 344. The lowest BCUT2D eigenvalue weighted by atomic mass is 10.0. The SMILES string of the molecule is [CH2]C(C=C)c1cccc(OC(C)C)c1Br. The van der Waals surface area contributed by atoms with E-state index in [1.54, 1.807) is 0 Å². The number of ether oxygens (including phenoxy) is 1. The first kappa shape index (κ1) is 12.3. The van der Waals surface area contributed by atoms with Crippen LogP contribution in [0, 0.1) is 6.92 Å². The molecule has 0 N–H and O–H groups in total. The Balaban J connectivity index is 3.05. The van der Waals surface area contributed by atoms with Crippen molar-refractivity contribution in [2.45, 2.75) is 25.9 Å². The molecule has 0 aliphatic heterocycles. The molecule has 0 aliphatic carbocycles. The third-order valence-electron chi connectivity index (χ3n) is 2.04. The molecule has 0 fully saturated rings. The summed E-state index contributed by atoms with van der Waals surface area (Å²) in [4.78, 5) is 0. The minimum atomic E-state index is 0.0788. The fourth-order valence-electron chi connectivity index (χ4n) is 1.29. The van der Waals surface area contributed by atoms with Gasteiger partial charge in [-0.05, 0) is 48.3 Å². The molecule has 0 spiro atoms. The molecule has 1 radical (unpaired) electrons. The summed E-state index contributed by atoms with van der Waals surface area (Å²) in [5.41, 5.74) is 1.10. The van der Waals surface area contributed by atoms with Crippen LogP contribution in [-0.2, 0) is 0 Å². The first-order valence-electron chi connectivity index (χ1n) is 4.97. The summed E-state index contributed by atoms with van der Waals surface area (Å²) in [6.45, 7) is 11.8. The summed E-state index contributed by atoms with van der Waals surface area (Å²) >= 11 is 3.54. The van der Waals surface area contributed by atoms with Crippen LogP contribution in [0.1, 0.15) is 25.3 Å². The first-order chi connectivity index (χ1) is 7.06. The monoisotopic (exact) mass is 267 g/mol. The third-order valence-corrected chi connectivity index (χ3v) is 2.89. The van der Waals surface area contributed by atoms with Gasteiger partial charge in [-0.15, -0.1) is 6.58 Å². The first-order valence-corrected chi connectivity index (χ1v) is 5.76. The highest BCUT2D eigenvalue weighted by atomic mass is 79.9. The van der Waals surface area contributed by atoms with Crippen LogP contribution in [0.15, 0.2) is 35.3 Å². The fourth-order valence-corrected chi connectivity index (χ4v) is 1.94. The van der Waals surface area contributed by atoms with Crippen molar-refractivity contribution in [2.75, 3.05) is 0 Å². The zero-order chi connectivity index (χ0) is 11.4. The van der Waals surface area contributed by atoms with Gasteiger partial charge in [0.15, 0.2) is 0 Å². The zero-order valence-corrected chi connectivity index (χ0v) is 10.8. The quantitative estimate of drug-likeness (QED) is 0.738. The van der Waals surface area contributed by atoms with Crippen molar-refractivity contribution in [1.82, 2.24) is 0 Å². The molecular formula is C13H16BrO. The van der Waals surface area contributed by atoms with Gasteiger partial charge in [0.2, 0.25) is 0 Å². The van der Waals surface area contributed by atoms with E-state index in [1.807, 2.05) is 38.1 Å². The van der Waals surface area contributed by atoms with Crippen LogP contribution in [0.5, 0.6) is 5.75 Å². The minimum Gasteiger partial charge on any atom is -0.490 e. The van der Waals surface area contributed by atoms with Gasteiger partial charge in [0, 0.05) is 5.92 Å². The minimum absolute atomic E-state index is 0.0788. The molecule has 1 nitrogen and oxygen atoms in total. The summed E-state index contributed by atoms with van der Waals surface area (Å²) in [5.74, 6) is 0.938. The number of hydrogen-bond acceptors (Lipinski definition) is 1. The standard InChI is InChI=1S/C13H16BrO/c1-5-10(4)11-7-6-8-12(13(11)14)15-9(2)3/h5-10H,1,4H2,2-3H3. The molecule has 1 unspecified atom stereocenters. The molecule has 0 aromatic heterocycles. The Labute approximate surface area is 100 Å². The second-order valence-corrected chi connectivity index (χ2v) is 4.46. The molecular weight excluding hydrogens is 252 g/mol. The molecule has 0 saturated carbocycles. The van der Waals surface area contributed by atoms with Crippen LogP contribution in [0.3, 0.4) is 0 Å². The van der Waals surface area contributed by atoms with Gasteiger partial charge in [-0.3, -0.25) is 0 Å². The normalized spacial score (nSPS) is 12.6. The Kier molecular flexibility index (Phi) is 4.40. The van der Waals surface area contributed by atoms with Gasteiger partial charge in [0.1, 0.15) is 5.75 Å². The van der Waals surface area contributed by atoms with Crippen LogP contribution >= 0.6 is 15.9 Å². The number of rotatable bonds is 4. The lowest BCUT2D eigenvalue weighted by Gasteiger charge is -2.15. The molecule has 2 heteroatoms. The molecule has 0 saturated heterocycles. The Morgan fingerprint density at radius 2 is 2.07 bits per heavy atom. The van der Waals surface area contributed by atoms with Crippen molar-refractivity contribution < 1.29 is 4.74 Å². The van der Waals surface area contributed by atoms with E-state index in [9.17, 15) is 0 Å². The molecule has 0 heterocycles. The Morgan fingerprint density at radius 3 is 2.60 bits per heavy atom. The van der Waals surface area contributed by atoms with Gasteiger partial charge in [0.25, 0.3) is 0 Å². The largest absolute Gasteiger partial charge is 0.490 e. The number of hydrogen-bond donors (Lipinski definition) is 0. The van der Waals surface area contributed by atoms with E-state index < -0.39 is 0 Å². The molecule has 0 bridgehead atoms. The van der Waals surface area contributed by atoms with Crippen LogP contribution < -0.4 is 4.74 Å². The lowest BCUT2D eigenvalue weighted by Crippen LogP contribution is -2.06. The average molecular weight is 268 g/mol. The van der Waals surface area contributed by atoms with E-state index in [4.69, 9.17) is 4.74 Å². The maximum absolute atomic E-state index is 5.67. The van der Waals surface area contributed by atoms with Gasteiger partial charge in [-0.2, -0.15) is 0 Å². The summed E-state index contributed by atoms with van der Waals surface area (Å²) in [5, 5.41) is 0. The summed E-state index contributed by atoms with van der Waals surface area (Å²) in [6, 6.07) is 5.94. The van der Waals surface area contributed by atoms with Crippen molar-refractivity contribution in [3.63, 3.8) is 0 Å². The van der Waals surface area contributed by atoms with E-state index in [1.165, 1.54) is 0 Å². The van der Waals surface area contributed by atoms with E-state index in [2.05, 4.69) is 29.4 Å². The predicted octanol–water partition coefficient (Wildman–Crippen LogP) is 4.34. The van der Waals surface area contributed by atoms with Crippen molar-refractivity contribution >= 4 is 15.9 Å². The summed E-state index contributed by atoms with van der Waals surface area (Å²) < 4.78 is 6.64. The fraction of sp³-hybridized carbons (Fsp3) is 0.308. The highest BCUT2D eigenvalue weighted by Crippen LogP contribution is 2.33. The molecule has 15 heavy (non-hydrogen) atoms. The molecule has 1 aromatic carbocycles. The average Bonchev–Trinajstić information content (AvgIpc) is 2.19. The smallest absolute Gasteiger partial charge is 0.134 e. The van der Waals surface area contributed by atoms with E-state index in [0.717, 1.165) is 15.8 Å². The van der Waals surface area contributed by atoms with E-state index in [0.29, 0.717) is 0 Å². The van der Waals surface area contributed by atoms with Gasteiger partial charge >= 0.3 is 0 Å². The number of allylic oxidation sites excluding steroid dienone is 1. The molecule has 1 aromatic rings. The Hall–Kier alpha value is -0.760. The van der Waals surface area contributed by atoms with Crippen LogP contribution in [0.25, 0.3) is 0 Å². The molecule has 0 amide bonds. The highest BCUT2D eigenvalue weighted by molar-refractivity contribution is 9.10. The zero-order valence-electron chi connectivity index (χ0n) is 9.16. The van der Waals surface area contributed by atoms with Crippen LogP contribution in [0.4, 0.5) is 0 Å². The van der Waals surface area contributed by atoms with Gasteiger partial charge in [-0.25, -0.2) is 0 Å². The maximum Gasteiger partial charge on any atom is 0.134 e. The topological polar surface area (TPSA) is 9.23 Å². The highest BCUT2D eigenvalue weighted by Gasteiger charge is 2.11. The summed E-state index contributed by atoms with van der Waals surface area (Å²) in [6.07, 6.45) is 1.99. The predicted molar refractivity (Wildman–Crippen MR) is 68.2 cm³/mol. The molecule has 81 valence electrons. The summed E-state index contributed by atoms with van der Waals surface area (Å²) in [7, 11) is 0. The van der Waals surface area contributed by atoms with Gasteiger partial charge in [-0.1, -0.05) is 18.2 Å². The third kappa shape index (κ3) is 3.10. The van der Waals surface area contributed by atoms with Crippen LogP contribution in [-0.4, -0.2) is 6.10 Å². The van der Waals surface area contributed by atoms with Crippen molar-refractivity contribution in [2.24, 2.45) is 0 Å². The van der Waals surface area contributed by atoms with Crippen molar-refractivity contribution in [3.8, 4) is 5.75 Å². The number of halogens is 1. The van der Waals surface area contributed by atoms with E-state index >= 15 is 0 Å².